The van der Waals surface area contributed by atoms with Gasteiger partial charge >= 0.3 is 5.97 Å². The van der Waals surface area contributed by atoms with Gasteiger partial charge in [0.1, 0.15) is 22.7 Å². The predicted molar refractivity (Wildman–Crippen MR) is 97.3 cm³/mol. The Kier molecular flexibility index (Phi) is 6.90. The Bertz CT molecular complexity index is 858. The number of benzene rings is 2. The molecule has 0 aliphatic carbocycles. The molecule has 2 aromatic rings. The van der Waals surface area contributed by atoms with E-state index in [1.54, 1.807) is 13.8 Å². The highest BCUT2D eigenvalue weighted by atomic mass is 32.2. The number of carbonyl (C=O) groups excluding carboxylic acids is 2. The van der Waals surface area contributed by atoms with E-state index in [4.69, 9.17) is 4.74 Å². The van der Waals surface area contributed by atoms with E-state index in [0.717, 1.165) is 23.9 Å². The number of ether oxygens (including phenoxy) is 1. The van der Waals surface area contributed by atoms with Crippen LogP contribution in [0.3, 0.4) is 0 Å². The van der Waals surface area contributed by atoms with Crippen LogP contribution in [-0.2, 0) is 9.53 Å². The van der Waals surface area contributed by atoms with E-state index in [1.165, 1.54) is 25.1 Å². The summed E-state index contributed by atoms with van der Waals surface area (Å²) in [4.78, 5) is 24.0. The molecular weight excluding hydrogens is 379 g/mol. The van der Waals surface area contributed by atoms with Gasteiger partial charge in [-0.1, -0.05) is 6.07 Å². The van der Waals surface area contributed by atoms with Crippen LogP contribution in [-0.4, -0.2) is 23.2 Å². The molecule has 2 rings (SSSR count). The Morgan fingerprint density at radius 2 is 1.74 bits per heavy atom. The maximum atomic E-state index is 14.1. The van der Waals surface area contributed by atoms with Crippen molar-refractivity contribution in [3.8, 4) is 0 Å². The first-order valence-electron chi connectivity index (χ1n) is 8.10. The molecule has 0 aliphatic rings. The van der Waals surface area contributed by atoms with Crippen molar-refractivity contribution in [2.45, 2.75) is 37.0 Å². The van der Waals surface area contributed by atoms with Gasteiger partial charge in [-0.3, -0.25) is 9.59 Å². The van der Waals surface area contributed by atoms with Crippen LogP contribution < -0.4 is 5.32 Å². The Morgan fingerprint density at radius 3 is 2.37 bits per heavy atom. The van der Waals surface area contributed by atoms with Crippen LogP contribution in [0.5, 0.6) is 0 Å². The van der Waals surface area contributed by atoms with Crippen molar-refractivity contribution in [3.63, 3.8) is 0 Å². The highest BCUT2D eigenvalue weighted by Gasteiger charge is 2.21. The molecule has 0 spiro atoms. The SMILES string of the molecule is CC(C)OC(=O)C(C)Sc1cc(NC(=O)c2cccc(F)c2)c(F)cc1F. The normalized spacial score (nSPS) is 12.0. The quantitative estimate of drug-likeness (QED) is 0.563. The first-order chi connectivity index (χ1) is 12.7. The summed E-state index contributed by atoms with van der Waals surface area (Å²) in [5.41, 5.74) is -0.292. The van der Waals surface area contributed by atoms with E-state index in [1.807, 2.05) is 0 Å². The molecule has 0 radical (unpaired) electrons. The van der Waals surface area contributed by atoms with E-state index < -0.39 is 34.6 Å². The van der Waals surface area contributed by atoms with Gasteiger partial charge in [-0.15, -0.1) is 11.8 Å². The standard InChI is InChI=1S/C19H18F3NO3S/c1-10(2)26-19(25)11(3)27-17-9-16(14(21)8-15(17)22)23-18(24)12-5-4-6-13(20)7-12/h4-11H,1-3H3,(H,23,24). The number of hydrogen-bond acceptors (Lipinski definition) is 4. The van der Waals surface area contributed by atoms with E-state index in [9.17, 15) is 22.8 Å². The van der Waals surface area contributed by atoms with E-state index in [0.29, 0.717) is 6.07 Å². The molecule has 2 aromatic carbocycles. The second-order valence-electron chi connectivity index (χ2n) is 5.97. The molecule has 1 atom stereocenters. The van der Waals surface area contributed by atoms with Crippen LogP contribution in [0.15, 0.2) is 41.3 Å². The van der Waals surface area contributed by atoms with Crippen molar-refractivity contribution in [2.24, 2.45) is 0 Å². The Morgan fingerprint density at radius 1 is 1.04 bits per heavy atom. The fourth-order valence-corrected chi connectivity index (χ4v) is 3.00. The van der Waals surface area contributed by atoms with Gasteiger partial charge < -0.3 is 10.1 Å². The van der Waals surface area contributed by atoms with Gasteiger partial charge in [0.25, 0.3) is 5.91 Å². The third kappa shape index (κ3) is 5.75. The van der Waals surface area contributed by atoms with Crippen molar-refractivity contribution in [1.82, 2.24) is 0 Å². The van der Waals surface area contributed by atoms with E-state index >= 15 is 0 Å². The molecule has 1 N–H and O–H groups in total. The predicted octanol–water partition coefficient (Wildman–Crippen LogP) is 4.79. The monoisotopic (exact) mass is 397 g/mol. The van der Waals surface area contributed by atoms with E-state index in [2.05, 4.69) is 5.32 Å². The van der Waals surface area contributed by atoms with Crippen LogP contribution in [0.1, 0.15) is 31.1 Å². The summed E-state index contributed by atoms with van der Waals surface area (Å²) < 4.78 is 46.4. The molecule has 0 saturated heterocycles. The summed E-state index contributed by atoms with van der Waals surface area (Å²) in [5, 5.41) is 1.54. The van der Waals surface area contributed by atoms with Gasteiger partial charge in [0.05, 0.1) is 11.8 Å². The van der Waals surface area contributed by atoms with Gasteiger partial charge in [0.2, 0.25) is 0 Å². The van der Waals surface area contributed by atoms with Crippen LogP contribution in [0, 0.1) is 17.5 Å². The fraction of sp³-hybridized carbons (Fsp3) is 0.263. The first-order valence-corrected chi connectivity index (χ1v) is 8.98. The maximum absolute atomic E-state index is 14.1. The van der Waals surface area contributed by atoms with Gasteiger partial charge in [-0.05, 0) is 45.0 Å². The number of amides is 1. The summed E-state index contributed by atoms with van der Waals surface area (Å²) >= 11 is 0.841. The molecule has 1 amide bonds. The number of esters is 1. The van der Waals surface area contributed by atoms with Crippen molar-refractivity contribution >= 4 is 29.3 Å². The summed E-state index contributed by atoms with van der Waals surface area (Å²) in [6.45, 7) is 4.91. The smallest absolute Gasteiger partial charge is 0.319 e. The number of halogens is 3. The Labute approximate surface area is 159 Å². The lowest BCUT2D eigenvalue weighted by Gasteiger charge is -2.15. The maximum Gasteiger partial charge on any atom is 0.319 e. The summed E-state index contributed by atoms with van der Waals surface area (Å²) in [7, 11) is 0. The topological polar surface area (TPSA) is 55.4 Å². The third-order valence-corrected chi connectivity index (χ3v) is 4.46. The number of thioether (sulfide) groups is 1. The van der Waals surface area contributed by atoms with Gasteiger partial charge in [-0.25, -0.2) is 13.2 Å². The second kappa shape index (κ2) is 8.94. The molecule has 0 aliphatic heterocycles. The zero-order valence-electron chi connectivity index (χ0n) is 14.9. The molecule has 0 aromatic heterocycles. The second-order valence-corrected chi connectivity index (χ2v) is 7.36. The van der Waals surface area contributed by atoms with Gasteiger partial charge in [0.15, 0.2) is 0 Å². The highest BCUT2D eigenvalue weighted by molar-refractivity contribution is 8.00. The average Bonchev–Trinajstić information content (AvgIpc) is 2.58. The summed E-state index contributed by atoms with van der Waals surface area (Å²) in [5.74, 6) is -3.76. The van der Waals surface area contributed by atoms with Crippen LogP contribution in [0.4, 0.5) is 18.9 Å². The molecule has 27 heavy (non-hydrogen) atoms. The largest absolute Gasteiger partial charge is 0.462 e. The molecule has 8 heteroatoms. The number of nitrogens with one attached hydrogen (secondary N) is 1. The lowest BCUT2D eigenvalue weighted by Crippen LogP contribution is -2.21. The lowest BCUT2D eigenvalue weighted by molar-refractivity contribution is -0.146. The number of carbonyl (C=O) groups is 2. The van der Waals surface area contributed by atoms with Crippen LogP contribution in [0.25, 0.3) is 0 Å². The van der Waals surface area contributed by atoms with Crippen molar-refractivity contribution < 1.29 is 27.5 Å². The molecule has 4 nitrogen and oxygen atoms in total. The van der Waals surface area contributed by atoms with Crippen molar-refractivity contribution in [1.29, 1.82) is 0 Å². The summed E-state index contributed by atoms with van der Waals surface area (Å²) in [6.07, 6.45) is -0.320. The molecular formula is C19H18F3NO3S. The Hall–Kier alpha value is -2.48. The summed E-state index contributed by atoms with van der Waals surface area (Å²) in [6, 6.07) is 6.57. The molecule has 0 saturated carbocycles. The minimum Gasteiger partial charge on any atom is -0.462 e. The van der Waals surface area contributed by atoms with Crippen LogP contribution >= 0.6 is 11.8 Å². The zero-order valence-corrected chi connectivity index (χ0v) is 15.7. The van der Waals surface area contributed by atoms with Crippen molar-refractivity contribution in [3.05, 3.63) is 59.4 Å². The third-order valence-electron chi connectivity index (χ3n) is 3.34. The number of anilines is 1. The molecule has 1 unspecified atom stereocenters. The molecule has 0 bridgehead atoms. The molecule has 144 valence electrons. The van der Waals surface area contributed by atoms with Crippen molar-refractivity contribution in [2.75, 3.05) is 5.32 Å². The molecule has 0 heterocycles. The molecule has 0 fully saturated rings. The van der Waals surface area contributed by atoms with Crippen LogP contribution in [0.2, 0.25) is 0 Å². The van der Waals surface area contributed by atoms with Gasteiger partial charge in [-0.2, -0.15) is 0 Å². The minimum atomic E-state index is -0.987. The number of hydrogen-bond donors (Lipinski definition) is 1. The van der Waals surface area contributed by atoms with Gasteiger partial charge in [0, 0.05) is 16.5 Å². The number of rotatable bonds is 6. The lowest BCUT2D eigenvalue weighted by atomic mass is 10.2. The highest BCUT2D eigenvalue weighted by Crippen LogP contribution is 2.31. The fourth-order valence-electron chi connectivity index (χ4n) is 2.11. The van der Waals surface area contributed by atoms with E-state index in [-0.39, 0.29) is 22.3 Å². The zero-order chi connectivity index (χ0) is 20.1. The first kappa shape index (κ1) is 20.8. The average molecular weight is 397 g/mol. The minimum absolute atomic E-state index is 0.0122. The Balaban J connectivity index is 2.20.